The Kier molecular flexibility index (Phi) is 6.61. The third-order valence-electron chi connectivity index (χ3n) is 7.15. The molecular weight excluding hydrogens is 466 g/mol. The normalized spacial score (nSPS) is 15.6. The van der Waals surface area contributed by atoms with Crippen molar-refractivity contribution in [2.45, 2.75) is 44.8 Å². The lowest BCUT2D eigenvalue weighted by Gasteiger charge is -2.37. The Morgan fingerprint density at radius 3 is 2.70 bits per heavy atom. The van der Waals surface area contributed by atoms with Crippen LogP contribution in [-0.4, -0.2) is 64.5 Å². The van der Waals surface area contributed by atoms with E-state index in [1.54, 1.807) is 12.3 Å². The monoisotopic (exact) mass is 499 g/mol. The number of imidazole rings is 1. The van der Waals surface area contributed by atoms with Gasteiger partial charge in [-0.25, -0.2) is 4.98 Å². The second-order valence-electron chi connectivity index (χ2n) is 10.2. The van der Waals surface area contributed by atoms with Crippen LogP contribution in [0, 0.1) is 11.3 Å². The average molecular weight is 500 g/mol. The number of nitrogens with one attached hydrogen (secondary N) is 1. The van der Waals surface area contributed by atoms with Crippen LogP contribution < -0.4 is 10.1 Å². The largest absolute Gasteiger partial charge is 0.492 e. The second-order valence-corrected chi connectivity index (χ2v) is 10.2. The molecule has 0 radical (unpaired) electrons. The molecule has 37 heavy (non-hydrogen) atoms. The van der Waals surface area contributed by atoms with Crippen LogP contribution in [0.4, 0.5) is 5.95 Å². The van der Waals surface area contributed by atoms with Gasteiger partial charge in [-0.1, -0.05) is 6.07 Å². The minimum Gasteiger partial charge on any atom is -0.492 e. The summed E-state index contributed by atoms with van der Waals surface area (Å²) < 4.78 is 7.70. The van der Waals surface area contributed by atoms with Crippen LogP contribution in [0.1, 0.15) is 58.1 Å². The highest BCUT2D eigenvalue weighted by Gasteiger charge is 2.52. The van der Waals surface area contributed by atoms with Crippen LogP contribution in [-0.2, 0) is 25.0 Å². The van der Waals surface area contributed by atoms with Crippen molar-refractivity contribution in [3.8, 4) is 11.8 Å². The number of hydrogen-bond acceptors (Lipinski definition) is 7. The molecular formula is C28H33N7O2. The molecule has 9 heteroatoms. The highest BCUT2D eigenvalue weighted by Crippen LogP contribution is 2.54. The van der Waals surface area contributed by atoms with Crippen molar-refractivity contribution in [1.29, 1.82) is 5.26 Å². The number of aromatic nitrogens is 3. The summed E-state index contributed by atoms with van der Waals surface area (Å²) in [6.07, 6.45) is 7.39. The number of carbonyl (C=O) groups excluding carboxylic acids is 1. The third kappa shape index (κ3) is 4.77. The zero-order valence-corrected chi connectivity index (χ0v) is 21.9. The zero-order chi connectivity index (χ0) is 26.2. The van der Waals surface area contributed by atoms with Crippen LogP contribution >= 0.6 is 0 Å². The lowest BCUT2D eigenvalue weighted by Crippen LogP contribution is -2.44. The van der Waals surface area contributed by atoms with Crippen LogP contribution in [0.25, 0.3) is 0 Å². The molecule has 1 fully saturated rings. The molecule has 5 rings (SSSR count). The van der Waals surface area contributed by atoms with Crippen molar-refractivity contribution in [1.82, 2.24) is 24.3 Å². The Labute approximate surface area is 217 Å². The van der Waals surface area contributed by atoms with Gasteiger partial charge in [-0.05, 0) is 56.6 Å². The van der Waals surface area contributed by atoms with Gasteiger partial charge in [0.05, 0.1) is 25.4 Å². The predicted molar refractivity (Wildman–Crippen MR) is 140 cm³/mol. The molecule has 0 bridgehead atoms. The SMILES string of the molecule is CCOc1cc(CN2CC3(CC3)c3c(CN(C)C)cc(Cn4ccnc4NC)cc3C2=O)ncc1C#N. The van der Waals surface area contributed by atoms with Gasteiger partial charge in [0.1, 0.15) is 17.4 Å². The van der Waals surface area contributed by atoms with Crippen LogP contribution in [0.15, 0.2) is 36.8 Å². The highest BCUT2D eigenvalue weighted by atomic mass is 16.5. The van der Waals surface area contributed by atoms with Gasteiger partial charge in [0.25, 0.3) is 5.91 Å². The van der Waals surface area contributed by atoms with Crippen molar-refractivity contribution in [3.05, 3.63) is 70.3 Å². The third-order valence-corrected chi connectivity index (χ3v) is 7.15. The minimum atomic E-state index is -0.00635. The maximum absolute atomic E-state index is 14.0. The molecule has 2 aliphatic rings. The highest BCUT2D eigenvalue weighted by molar-refractivity contribution is 5.98. The van der Waals surface area contributed by atoms with Gasteiger partial charge in [-0.15, -0.1) is 0 Å². The number of hydrogen-bond donors (Lipinski definition) is 1. The minimum absolute atomic E-state index is 0.00635. The molecule has 3 aromatic rings. The van der Waals surface area contributed by atoms with E-state index in [-0.39, 0.29) is 11.3 Å². The number of rotatable bonds is 9. The maximum atomic E-state index is 14.0. The number of carbonyl (C=O) groups is 1. The average Bonchev–Trinajstić information content (AvgIpc) is 3.49. The molecule has 0 unspecified atom stereocenters. The number of amides is 1. The van der Waals surface area contributed by atoms with E-state index < -0.39 is 0 Å². The molecule has 1 aliphatic heterocycles. The van der Waals surface area contributed by atoms with Crippen molar-refractivity contribution in [3.63, 3.8) is 0 Å². The number of benzene rings is 1. The van der Waals surface area contributed by atoms with Crippen LogP contribution in [0.2, 0.25) is 0 Å². The summed E-state index contributed by atoms with van der Waals surface area (Å²) in [5.41, 5.74) is 5.43. The van der Waals surface area contributed by atoms with E-state index in [2.05, 4.69) is 57.0 Å². The van der Waals surface area contributed by atoms with E-state index in [0.717, 1.165) is 42.2 Å². The van der Waals surface area contributed by atoms with Crippen molar-refractivity contribution < 1.29 is 9.53 Å². The second kappa shape index (κ2) is 9.87. The Hall–Kier alpha value is -3.90. The number of fused-ring (bicyclic) bond motifs is 2. The molecule has 0 saturated heterocycles. The summed E-state index contributed by atoms with van der Waals surface area (Å²) in [5, 5.41) is 12.5. The summed E-state index contributed by atoms with van der Waals surface area (Å²) in [6.45, 7) is 4.80. The molecule has 1 spiro atoms. The fraction of sp³-hybridized carbons (Fsp3) is 0.429. The number of nitrogens with zero attached hydrogens (tertiary/aromatic N) is 6. The fourth-order valence-corrected chi connectivity index (χ4v) is 5.47. The molecule has 192 valence electrons. The fourth-order valence-electron chi connectivity index (χ4n) is 5.47. The standard InChI is InChI=1S/C28H33N7O2/c1-5-37-24-12-22(32-14-21(24)13-29)17-35-18-28(6-7-28)25-20(16-33(3)4)10-19(11-23(25)26(35)36)15-34-9-8-31-27(34)30-2/h8-12,14H,5-7,15-18H2,1-4H3,(H,30,31). The first kappa shape index (κ1) is 24.8. The predicted octanol–water partition coefficient (Wildman–Crippen LogP) is 3.39. The van der Waals surface area contributed by atoms with E-state index in [4.69, 9.17) is 4.74 Å². The van der Waals surface area contributed by atoms with E-state index in [1.165, 1.54) is 17.3 Å². The van der Waals surface area contributed by atoms with Gasteiger partial charge in [-0.3, -0.25) is 9.78 Å². The van der Waals surface area contributed by atoms with E-state index in [9.17, 15) is 10.1 Å². The maximum Gasteiger partial charge on any atom is 0.254 e. The van der Waals surface area contributed by atoms with Gasteiger partial charge in [0.15, 0.2) is 0 Å². The topological polar surface area (TPSA) is 99.3 Å². The lowest BCUT2D eigenvalue weighted by atomic mass is 9.81. The number of ether oxygens (including phenoxy) is 1. The smallest absolute Gasteiger partial charge is 0.254 e. The van der Waals surface area contributed by atoms with Gasteiger partial charge in [-0.2, -0.15) is 5.26 Å². The quantitative estimate of drug-likeness (QED) is 0.482. The summed E-state index contributed by atoms with van der Waals surface area (Å²) in [6, 6.07) is 8.25. The number of pyridine rings is 1. The van der Waals surface area contributed by atoms with Gasteiger partial charge < -0.3 is 24.4 Å². The lowest BCUT2D eigenvalue weighted by molar-refractivity contribution is 0.0695. The molecule has 1 aliphatic carbocycles. The Bertz CT molecular complexity index is 1370. The van der Waals surface area contributed by atoms with Crippen molar-refractivity contribution in [2.24, 2.45) is 0 Å². The Balaban J connectivity index is 1.52. The first-order valence-electron chi connectivity index (χ1n) is 12.7. The Morgan fingerprint density at radius 1 is 1.22 bits per heavy atom. The van der Waals surface area contributed by atoms with Gasteiger partial charge in [0, 0.05) is 55.8 Å². The molecule has 1 aromatic carbocycles. The van der Waals surface area contributed by atoms with Gasteiger partial charge in [0.2, 0.25) is 5.95 Å². The first-order chi connectivity index (χ1) is 17.9. The van der Waals surface area contributed by atoms with Crippen molar-refractivity contribution in [2.75, 3.05) is 39.6 Å². The summed E-state index contributed by atoms with van der Waals surface area (Å²) >= 11 is 0. The summed E-state index contributed by atoms with van der Waals surface area (Å²) in [4.78, 5) is 26.9. The first-order valence-corrected chi connectivity index (χ1v) is 12.7. The summed E-state index contributed by atoms with van der Waals surface area (Å²) in [5.74, 6) is 1.32. The van der Waals surface area contributed by atoms with Crippen LogP contribution in [0.3, 0.4) is 0 Å². The molecule has 2 aromatic heterocycles. The van der Waals surface area contributed by atoms with Crippen molar-refractivity contribution >= 4 is 11.9 Å². The molecule has 3 heterocycles. The number of nitriles is 1. The van der Waals surface area contributed by atoms with E-state index in [0.29, 0.717) is 37.6 Å². The molecule has 9 nitrogen and oxygen atoms in total. The molecule has 0 atom stereocenters. The van der Waals surface area contributed by atoms with E-state index in [1.807, 2.05) is 25.1 Å². The van der Waals surface area contributed by atoms with Gasteiger partial charge >= 0.3 is 0 Å². The van der Waals surface area contributed by atoms with Crippen LogP contribution in [0.5, 0.6) is 5.75 Å². The zero-order valence-electron chi connectivity index (χ0n) is 21.9. The Morgan fingerprint density at radius 2 is 2.03 bits per heavy atom. The molecule has 1 amide bonds. The summed E-state index contributed by atoms with van der Waals surface area (Å²) in [7, 11) is 5.99. The van der Waals surface area contributed by atoms with E-state index >= 15 is 0 Å². The molecule has 1 N–H and O–H groups in total. The molecule has 1 saturated carbocycles. The number of anilines is 1.